The van der Waals surface area contributed by atoms with E-state index >= 15 is 0 Å². The topological polar surface area (TPSA) is 0 Å². The molecule has 1 aromatic carbocycles. The Morgan fingerprint density at radius 1 is 1.07 bits per heavy atom. The average Bonchev–Trinajstić information content (AvgIpc) is 2.77. The first-order chi connectivity index (χ1) is 7.43. The van der Waals surface area contributed by atoms with Crippen LogP contribution in [0.25, 0.3) is 11.6 Å². The zero-order chi connectivity index (χ0) is 10.1. The monoisotopic (exact) mass is 196 g/mol. The van der Waals surface area contributed by atoms with Gasteiger partial charge < -0.3 is 0 Å². The summed E-state index contributed by atoms with van der Waals surface area (Å²) in [5, 5.41) is 0. The van der Waals surface area contributed by atoms with Crippen molar-refractivity contribution in [2.75, 3.05) is 0 Å². The van der Waals surface area contributed by atoms with Gasteiger partial charge in [0.05, 0.1) is 0 Å². The molecule has 0 unspecified atom stereocenters. The maximum Gasteiger partial charge on any atom is -0.00882 e. The fourth-order valence-corrected chi connectivity index (χ4v) is 2.55. The minimum atomic E-state index is 1.12. The Balaban J connectivity index is 1.98. The molecular formula is C15H16. The third-order valence-corrected chi connectivity index (χ3v) is 3.44. The first-order valence-electron chi connectivity index (χ1n) is 5.92. The molecule has 0 heterocycles. The molecule has 0 N–H and O–H groups in total. The van der Waals surface area contributed by atoms with Crippen molar-refractivity contribution in [2.24, 2.45) is 0 Å². The number of hydrogen-bond donors (Lipinski definition) is 0. The molecule has 3 rings (SSSR count). The maximum absolute atomic E-state index is 2.42. The molecule has 0 saturated heterocycles. The van der Waals surface area contributed by atoms with Crippen molar-refractivity contribution < 1.29 is 0 Å². The van der Waals surface area contributed by atoms with E-state index in [2.05, 4.69) is 36.4 Å². The molecule has 15 heavy (non-hydrogen) atoms. The second-order valence-electron chi connectivity index (χ2n) is 4.50. The number of rotatable bonds is 1. The Bertz CT molecular complexity index is 435. The zero-order valence-electron chi connectivity index (χ0n) is 9.00. The van der Waals surface area contributed by atoms with Crippen LogP contribution in [-0.4, -0.2) is 0 Å². The zero-order valence-corrected chi connectivity index (χ0v) is 9.00. The minimum absolute atomic E-state index is 1.12. The van der Waals surface area contributed by atoms with E-state index in [1.807, 2.05) is 0 Å². The number of hydrogen-bond acceptors (Lipinski definition) is 0. The number of allylic oxidation sites excluding steroid dienone is 3. The third kappa shape index (κ3) is 1.65. The smallest absolute Gasteiger partial charge is 0.00882 e. The minimum Gasteiger partial charge on any atom is -0.0807 e. The van der Waals surface area contributed by atoms with Gasteiger partial charge in [-0.05, 0) is 60.4 Å². The molecule has 0 amide bonds. The van der Waals surface area contributed by atoms with E-state index in [9.17, 15) is 0 Å². The van der Waals surface area contributed by atoms with Crippen LogP contribution in [0.4, 0.5) is 0 Å². The van der Waals surface area contributed by atoms with Gasteiger partial charge in [-0.2, -0.15) is 0 Å². The van der Waals surface area contributed by atoms with Crippen LogP contribution >= 0.6 is 0 Å². The second kappa shape index (κ2) is 3.69. The highest BCUT2D eigenvalue weighted by Gasteiger charge is 2.09. The quantitative estimate of drug-likeness (QED) is 0.631. The van der Waals surface area contributed by atoms with Gasteiger partial charge in [-0.15, -0.1) is 0 Å². The van der Waals surface area contributed by atoms with E-state index in [4.69, 9.17) is 0 Å². The number of benzene rings is 1. The Labute approximate surface area is 91.3 Å². The van der Waals surface area contributed by atoms with Gasteiger partial charge in [-0.3, -0.25) is 0 Å². The maximum atomic E-state index is 2.42. The lowest BCUT2D eigenvalue weighted by Gasteiger charge is -2.13. The van der Waals surface area contributed by atoms with E-state index in [-0.39, 0.29) is 0 Å². The van der Waals surface area contributed by atoms with Crippen molar-refractivity contribution >= 4 is 11.6 Å². The largest absolute Gasteiger partial charge is 0.0807 e. The second-order valence-corrected chi connectivity index (χ2v) is 4.50. The average molecular weight is 196 g/mol. The molecule has 76 valence electrons. The van der Waals surface area contributed by atoms with Crippen molar-refractivity contribution in [3.8, 4) is 0 Å². The van der Waals surface area contributed by atoms with Crippen LogP contribution < -0.4 is 0 Å². The summed E-state index contributed by atoms with van der Waals surface area (Å²) < 4.78 is 0. The van der Waals surface area contributed by atoms with Gasteiger partial charge in [0.25, 0.3) is 0 Å². The normalized spacial score (nSPS) is 18.8. The summed E-state index contributed by atoms with van der Waals surface area (Å²) in [5.41, 5.74) is 5.92. The summed E-state index contributed by atoms with van der Waals surface area (Å²) in [6.07, 6.45) is 13.3. The molecule has 0 heteroatoms. The molecule has 0 atom stereocenters. The summed E-state index contributed by atoms with van der Waals surface area (Å²) in [6.45, 7) is 0. The molecule has 0 saturated carbocycles. The van der Waals surface area contributed by atoms with Crippen molar-refractivity contribution in [1.82, 2.24) is 0 Å². The lowest BCUT2D eigenvalue weighted by Crippen LogP contribution is -1.93. The molecule has 0 aromatic heterocycles. The predicted octanol–water partition coefficient (Wildman–Crippen LogP) is 4.21. The molecule has 2 aliphatic rings. The Kier molecular flexibility index (Phi) is 2.21. The molecule has 0 spiro atoms. The van der Waals surface area contributed by atoms with Crippen LogP contribution in [-0.2, 0) is 6.42 Å². The van der Waals surface area contributed by atoms with Gasteiger partial charge >= 0.3 is 0 Å². The van der Waals surface area contributed by atoms with Crippen molar-refractivity contribution in [3.63, 3.8) is 0 Å². The lowest BCUT2D eigenvalue weighted by atomic mass is 9.92. The molecule has 0 radical (unpaired) electrons. The molecule has 0 bridgehead atoms. The van der Waals surface area contributed by atoms with Crippen LogP contribution in [0.5, 0.6) is 0 Å². The van der Waals surface area contributed by atoms with E-state index in [0.29, 0.717) is 0 Å². The van der Waals surface area contributed by atoms with Gasteiger partial charge in [0.1, 0.15) is 0 Å². The molecular weight excluding hydrogens is 180 g/mol. The Morgan fingerprint density at radius 3 is 2.93 bits per heavy atom. The first kappa shape index (κ1) is 8.96. The summed E-state index contributed by atoms with van der Waals surface area (Å²) >= 11 is 0. The van der Waals surface area contributed by atoms with Gasteiger partial charge in [0, 0.05) is 0 Å². The summed E-state index contributed by atoms with van der Waals surface area (Å²) in [7, 11) is 0. The van der Waals surface area contributed by atoms with E-state index in [1.165, 1.54) is 42.4 Å². The summed E-state index contributed by atoms with van der Waals surface area (Å²) in [6, 6.07) is 6.94. The third-order valence-electron chi connectivity index (χ3n) is 3.44. The highest BCUT2D eigenvalue weighted by atomic mass is 14.1. The van der Waals surface area contributed by atoms with Gasteiger partial charge in [0.2, 0.25) is 0 Å². The van der Waals surface area contributed by atoms with Crippen LogP contribution in [0.1, 0.15) is 42.4 Å². The number of fused-ring (bicyclic) bond motifs is 1. The fourth-order valence-electron chi connectivity index (χ4n) is 2.55. The molecule has 1 aromatic rings. The molecule has 0 nitrogen and oxygen atoms in total. The van der Waals surface area contributed by atoms with Crippen LogP contribution in [0.2, 0.25) is 0 Å². The summed E-state index contributed by atoms with van der Waals surface area (Å²) in [4.78, 5) is 0. The Hall–Kier alpha value is -1.30. The van der Waals surface area contributed by atoms with E-state index in [1.54, 1.807) is 5.57 Å². The van der Waals surface area contributed by atoms with E-state index < -0.39 is 0 Å². The first-order valence-corrected chi connectivity index (χ1v) is 5.92. The van der Waals surface area contributed by atoms with Crippen LogP contribution in [0.15, 0.2) is 30.4 Å². The van der Waals surface area contributed by atoms with Gasteiger partial charge in [-0.25, -0.2) is 0 Å². The summed E-state index contributed by atoms with van der Waals surface area (Å²) in [5.74, 6) is 0. The Morgan fingerprint density at radius 2 is 2.07 bits per heavy atom. The van der Waals surface area contributed by atoms with E-state index in [0.717, 1.165) is 6.42 Å². The standard InChI is InChI=1S/C15H16/c1-2-5-12(6-3-1)15-10-9-13-7-4-8-14(13)11-15/h4-5,8-11H,1-3,6-7H2. The fraction of sp³-hybridized carbons (Fsp3) is 0.333. The highest BCUT2D eigenvalue weighted by molar-refractivity contribution is 5.71. The van der Waals surface area contributed by atoms with Crippen LogP contribution in [0, 0.1) is 0 Å². The highest BCUT2D eigenvalue weighted by Crippen LogP contribution is 2.29. The van der Waals surface area contributed by atoms with Crippen molar-refractivity contribution in [2.45, 2.75) is 32.1 Å². The molecule has 2 aliphatic carbocycles. The molecule has 0 aliphatic heterocycles. The van der Waals surface area contributed by atoms with Crippen LogP contribution in [0.3, 0.4) is 0 Å². The predicted molar refractivity (Wildman–Crippen MR) is 65.6 cm³/mol. The SMILES string of the molecule is C1=Cc2cc(C3=CCCCC3)ccc2C1. The molecule has 0 fully saturated rings. The lowest BCUT2D eigenvalue weighted by molar-refractivity contribution is 0.742. The van der Waals surface area contributed by atoms with Crippen molar-refractivity contribution in [3.05, 3.63) is 47.0 Å². The van der Waals surface area contributed by atoms with Crippen molar-refractivity contribution in [1.29, 1.82) is 0 Å². The van der Waals surface area contributed by atoms with Gasteiger partial charge in [0.15, 0.2) is 0 Å². The van der Waals surface area contributed by atoms with Gasteiger partial charge in [-0.1, -0.05) is 30.4 Å².